The van der Waals surface area contributed by atoms with Gasteiger partial charge in [0.2, 0.25) is 0 Å². The van der Waals surface area contributed by atoms with Gasteiger partial charge in [0.1, 0.15) is 5.82 Å². The summed E-state index contributed by atoms with van der Waals surface area (Å²) in [5.74, 6) is 0.959. The summed E-state index contributed by atoms with van der Waals surface area (Å²) in [6, 6.07) is 2.61. The number of nitrogens with one attached hydrogen (secondary N) is 1. The standard InChI is InChI=1S/C14H20N4S/c1-3-10-13(15)14(18(2)17-10)16-11-5-4-6-12-9(11)7-8-19-12/h7-8,11,16H,3-6,15H2,1-2H3. The van der Waals surface area contributed by atoms with Gasteiger partial charge in [-0.25, -0.2) is 0 Å². The predicted molar refractivity (Wildman–Crippen MR) is 80.6 cm³/mol. The molecule has 4 nitrogen and oxygen atoms in total. The maximum Gasteiger partial charge on any atom is 0.148 e. The highest BCUT2D eigenvalue weighted by Crippen LogP contribution is 2.36. The fourth-order valence-electron chi connectivity index (χ4n) is 2.83. The molecule has 0 bridgehead atoms. The van der Waals surface area contributed by atoms with Gasteiger partial charge in [0.05, 0.1) is 17.4 Å². The van der Waals surface area contributed by atoms with Crippen LogP contribution in [0.1, 0.15) is 41.9 Å². The van der Waals surface area contributed by atoms with Crippen LogP contribution in [0.15, 0.2) is 11.4 Å². The van der Waals surface area contributed by atoms with Crippen molar-refractivity contribution in [1.29, 1.82) is 0 Å². The number of thiophene rings is 1. The second-order valence-electron chi connectivity index (χ2n) is 5.07. The Morgan fingerprint density at radius 3 is 3.16 bits per heavy atom. The van der Waals surface area contributed by atoms with Crippen molar-refractivity contribution in [3.63, 3.8) is 0 Å². The topological polar surface area (TPSA) is 55.9 Å². The number of fused-ring (bicyclic) bond motifs is 1. The maximum atomic E-state index is 6.18. The van der Waals surface area contributed by atoms with Crippen molar-refractivity contribution in [1.82, 2.24) is 9.78 Å². The first-order valence-electron chi connectivity index (χ1n) is 6.84. The zero-order valence-corrected chi connectivity index (χ0v) is 12.3. The number of nitrogen functional groups attached to an aromatic ring is 1. The lowest BCUT2D eigenvalue weighted by atomic mass is 9.94. The van der Waals surface area contributed by atoms with Crippen molar-refractivity contribution in [3.8, 4) is 0 Å². The summed E-state index contributed by atoms with van der Waals surface area (Å²) >= 11 is 1.86. The molecule has 0 radical (unpaired) electrons. The van der Waals surface area contributed by atoms with Crippen LogP contribution >= 0.6 is 11.3 Å². The van der Waals surface area contributed by atoms with Gasteiger partial charge in [0, 0.05) is 11.9 Å². The molecule has 2 aromatic heterocycles. The lowest BCUT2D eigenvalue weighted by Crippen LogP contribution is -2.18. The van der Waals surface area contributed by atoms with E-state index in [1.807, 2.05) is 23.1 Å². The first-order valence-corrected chi connectivity index (χ1v) is 7.72. The van der Waals surface area contributed by atoms with E-state index in [1.54, 1.807) is 0 Å². The number of aromatic nitrogens is 2. The van der Waals surface area contributed by atoms with Crippen LogP contribution in [0, 0.1) is 0 Å². The first-order chi connectivity index (χ1) is 9.20. The molecule has 2 heterocycles. The Balaban J connectivity index is 1.89. The molecule has 0 aliphatic heterocycles. The van der Waals surface area contributed by atoms with Crippen molar-refractivity contribution in [2.24, 2.45) is 7.05 Å². The van der Waals surface area contributed by atoms with E-state index < -0.39 is 0 Å². The minimum absolute atomic E-state index is 0.373. The van der Waals surface area contributed by atoms with Crippen LogP contribution in [0.25, 0.3) is 0 Å². The van der Waals surface area contributed by atoms with E-state index >= 15 is 0 Å². The first kappa shape index (κ1) is 12.5. The lowest BCUT2D eigenvalue weighted by Gasteiger charge is -2.24. The Bertz CT molecular complexity index is 584. The average molecular weight is 276 g/mol. The largest absolute Gasteiger partial charge is 0.394 e. The van der Waals surface area contributed by atoms with Gasteiger partial charge >= 0.3 is 0 Å². The summed E-state index contributed by atoms with van der Waals surface area (Å²) in [6.07, 6.45) is 4.49. The molecule has 3 rings (SSSR count). The SMILES string of the molecule is CCc1nn(C)c(NC2CCCc3sccc32)c1N. The minimum Gasteiger partial charge on any atom is -0.394 e. The van der Waals surface area contributed by atoms with Crippen molar-refractivity contribution < 1.29 is 0 Å². The van der Waals surface area contributed by atoms with E-state index in [0.29, 0.717) is 6.04 Å². The van der Waals surface area contributed by atoms with Crippen molar-refractivity contribution in [2.45, 2.75) is 38.6 Å². The summed E-state index contributed by atoms with van der Waals surface area (Å²) in [7, 11) is 1.95. The van der Waals surface area contributed by atoms with Crippen LogP contribution in [0.5, 0.6) is 0 Å². The summed E-state index contributed by atoms with van der Waals surface area (Å²) < 4.78 is 1.87. The van der Waals surface area contributed by atoms with Gasteiger partial charge in [-0.05, 0) is 42.7 Å². The van der Waals surface area contributed by atoms with Gasteiger partial charge in [-0.1, -0.05) is 6.92 Å². The maximum absolute atomic E-state index is 6.18. The summed E-state index contributed by atoms with van der Waals surface area (Å²) in [5, 5.41) is 10.3. The van der Waals surface area contributed by atoms with E-state index in [-0.39, 0.29) is 0 Å². The average Bonchev–Trinajstić information content (AvgIpc) is 2.98. The molecule has 0 spiro atoms. The molecule has 1 aliphatic rings. The van der Waals surface area contributed by atoms with Gasteiger partial charge in [-0.15, -0.1) is 11.3 Å². The molecule has 0 saturated carbocycles. The number of anilines is 2. The van der Waals surface area contributed by atoms with Gasteiger partial charge in [-0.3, -0.25) is 4.68 Å². The van der Waals surface area contributed by atoms with Gasteiger partial charge in [-0.2, -0.15) is 5.10 Å². The van der Waals surface area contributed by atoms with Crippen LogP contribution in [-0.2, 0) is 19.9 Å². The number of hydrogen-bond acceptors (Lipinski definition) is 4. The molecule has 0 saturated heterocycles. The normalized spacial score (nSPS) is 18.3. The molecule has 5 heteroatoms. The molecule has 19 heavy (non-hydrogen) atoms. The number of nitrogens with zero attached hydrogens (tertiary/aromatic N) is 2. The van der Waals surface area contributed by atoms with Crippen molar-refractivity contribution >= 4 is 22.8 Å². The van der Waals surface area contributed by atoms with Gasteiger partial charge in [0.15, 0.2) is 0 Å². The minimum atomic E-state index is 0.373. The van der Waals surface area contributed by atoms with E-state index in [4.69, 9.17) is 5.73 Å². The molecular weight excluding hydrogens is 256 g/mol. The van der Waals surface area contributed by atoms with Crippen molar-refractivity contribution in [3.05, 3.63) is 27.6 Å². The second kappa shape index (κ2) is 4.89. The zero-order valence-electron chi connectivity index (χ0n) is 11.4. The molecule has 3 N–H and O–H groups in total. The number of aryl methyl sites for hydroxylation is 3. The zero-order chi connectivity index (χ0) is 13.4. The Morgan fingerprint density at radius 1 is 1.58 bits per heavy atom. The van der Waals surface area contributed by atoms with Crippen LogP contribution in [0.2, 0.25) is 0 Å². The second-order valence-corrected chi connectivity index (χ2v) is 6.08. The molecule has 1 unspecified atom stereocenters. The Labute approximate surface area is 117 Å². The smallest absolute Gasteiger partial charge is 0.148 e. The molecular formula is C14H20N4S. The molecule has 2 aromatic rings. The lowest BCUT2D eigenvalue weighted by molar-refractivity contribution is 0.600. The fourth-order valence-corrected chi connectivity index (χ4v) is 3.82. The number of hydrogen-bond donors (Lipinski definition) is 2. The van der Waals surface area contributed by atoms with Crippen LogP contribution in [-0.4, -0.2) is 9.78 Å². The van der Waals surface area contributed by atoms with E-state index in [1.165, 1.54) is 23.3 Å². The van der Waals surface area contributed by atoms with Crippen LogP contribution in [0.4, 0.5) is 11.5 Å². The van der Waals surface area contributed by atoms with E-state index in [9.17, 15) is 0 Å². The molecule has 1 atom stereocenters. The summed E-state index contributed by atoms with van der Waals surface area (Å²) in [4.78, 5) is 1.51. The predicted octanol–water partition coefficient (Wildman–Crippen LogP) is 3.12. The molecule has 1 aliphatic carbocycles. The third-order valence-electron chi connectivity index (χ3n) is 3.86. The Hall–Kier alpha value is -1.49. The van der Waals surface area contributed by atoms with E-state index in [0.717, 1.165) is 30.0 Å². The number of rotatable bonds is 3. The molecule has 102 valence electrons. The van der Waals surface area contributed by atoms with Gasteiger partial charge < -0.3 is 11.1 Å². The highest BCUT2D eigenvalue weighted by atomic mass is 32.1. The summed E-state index contributed by atoms with van der Waals surface area (Å²) in [5.41, 5.74) is 9.40. The van der Waals surface area contributed by atoms with Gasteiger partial charge in [0.25, 0.3) is 0 Å². The summed E-state index contributed by atoms with van der Waals surface area (Å²) in [6.45, 7) is 2.08. The Kier molecular flexibility index (Phi) is 3.22. The Morgan fingerprint density at radius 2 is 2.42 bits per heavy atom. The quantitative estimate of drug-likeness (QED) is 0.905. The highest BCUT2D eigenvalue weighted by molar-refractivity contribution is 7.10. The van der Waals surface area contributed by atoms with E-state index in [2.05, 4.69) is 28.8 Å². The third-order valence-corrected chi connectivity index (χ3v) is 4.85. The monoisotopic (exact) mass is 276 g/mol. The fraction of sp³-hybridized carbons (Fsp3) is 0.500. The molecule has 0 amide bonds. The third kappa shape index (κ3) is 2.12. The number of nitrogens with two attached hydrogens (primary N) is 1. The van der Waals surface area contributed by atoms with Crippen LogP contribution < -0.4 is 11.1 Å². The van der Waals surface area contributed by atoms with Crippen molar-refractivity contribution in [2.75, 3.05) is 11.1 Å². The molecule has 0 fully saturated rings. The molecule has 0 aromatic carbocycles. The van der Waals surface area contributed by atoms with Crippen LogP contribution in [0.3, 0.4) is 0 Å². The highest BCUT2D eigenvalue weighted by Gasteiger charge is 2.23.